The van der Waals surface area contributed by atoms with Crippen molar-refractivity contribution in [3.8, 4) is 5.75 Å². The second-order valence-corrected chi connectivity index (χ2v) is 4.96. The first-order chi connectivity index (χ1) is 8.99. The van der Waals surface area contributed by atoms with Crippen LogP contribution in [0, 0.1) is 5.92 Å². The lowest BCUT2D eigenvalue weighted by Gasteiger charge is -2.19. The number of carbonyl (C=O) groups is 2. The molecular weight excluding hydrogens is 246 g/mol. The van der Waals surface area contributed by atoms with Crippen molar-refractivity contribution in [2.24, 2.45) is 5.92 Å². The van der Waals surface area contributed by atoms with Gasteiger partial charge in [0.25, 0.3) is 0 Å². The number of phenolic OH excluding ortho intramolecular Hbond substituents is 1. The first-order valence-electron chi connectivity index (χ1n) is 6.30. The molecule has 102 valence electrons. The van der Waals surface area contributed by atoms with Gasteiger partial charge in [-0.1, -0.05) is 12.1 Å². The van der Waals surface area contributed by atoms with Gasteiger partial charge in [0.15, 0.2) is 0 Å². The fourth-order valence-electron chi connectivity index (χ4n) is 2.40. The summed E-state index contributed by atoms with van der Waals surface area (Å²) < 4.78 is 0. The highest BCUT2D eigenvalue weighted by Crippen LogP contribution is 2.47. The molecule has 0 heterocycles. The maximum atomic E-state index is 11.2. The van der Waals surface area contributed by atoms with Crippen LogP contribution in [0.3, 0.4) is 0 Å². The van der Waals surface area contributed by atoms with Gasteiger partial charge in [0, 0.05) is 6.92 Å². The summed E-state index contributed by atoms with van der Waals surface area (Å²) in [5.41, 5.74) is 1.05. The molecule has 2 rings (SSSR count). The Balaban J connectivity index is 2.37. The third-order valence-electron chi connectivity index (χ3n) is 3.36. The van der Waals surface area contributed by atoms with Crippen molar-refractivity contribution in [1.29, 1.82) is 0 Å². The van der Waals surface area contributed by atoms with Crippen molar-refractivity contribution < 1.29 is 19.8 Å². The molecule has 0 saturated heterocycles. The van der Waals surface area contributed by atoms with Gasteiger partial charge in [0.1, 0.15) is 5.75 Å². The molecule has 5 heteroatoms. The van der Waals surface area contributed by atoms with Crippen molar-refractivity contribution in [3.63, 3.8) is 0 Å². The monoisotopic (exact) mass is 263 g/mol. The number of hydrogen-bond donors (Lipinski definition) is 3. The largest absolute Gasteiger partial charge is 0.506 e. The standard InChI is InChI=1S/C14H17NO4/c1-8(16)15-14-10(3-2-4-12(14)17)11(7-13(18)19)9-5-6-9/h2-4,9,11,17H,5-7H2,1H3,(H,15,16)(H,18,19). The molecule has 19 heavy (non-hydrogen) atoms. The van der Waals surface area contributed by atoms with Crippen molar-refractivity contribution >= 4 is 17.6 Å². The zero-order valence-corrected chi connectivity index (χ0v) is 10.7. The molecule has 0 radical (unpaired) electrons. The summed E-state index contributed by atoms with van der Waals surface area (Å²) in [6, 6.07) is 4.93. The zero-order valence-electron chi connectivity index (χ0n) is 10.7. The second-order valence-electron chi connectivity index (χ2n) is 4.96. The summed E-state index contributed by atoms with van der Waals surface area (Å²) in [6.07, 6.45) is 2.00. The van der Waals surface area contributed by atoms with Gasteiger partial charge in [-0.3, -0.25) is 9.59 Å². The summed E-state index contributed by atoms with van der Waals surface area (Å²) >= 11 is 0. The quantitative estimate of drug-likeness (QED) is 0.711. The van der Waals surface area contributed by atoms with Crippen LogP contribution in [0.15, 0.2) is 18.2 Å². The topological polar surface area (TPSA) is 86.6 Å². The Labute approximate surface area is 111 Å². The van der Waals surface area contributed by atoms with Crippen molar-refractivity contribution in [3.05, 3.63) is 23.8 Å². The smallest absolute Gasteiger partial charge is 0.303 e. The van der Waals surface area contributed by atoms with Crippen LogP contribution in [-0.4, -0.2) is 22.1 Å². The van der Waals surface area contributed by atoms with Crippen LogP contribution in [-0.2, 0) is 9.59 Å². The number of amides is 1. The molecule has 0 aromatic heterocycles. The van der Waals surface area contributed by atoms with Crippen LogP contribution in [0.5, 0.6) is 5.75 Å². The predicted octanol–water partition coefficient (Wildman–Crippen LogP) is 2.32. The molecule has 0 spiro atoms. The normalized spacial score (nSPS) is 15.8. The van der Waals surface area contributed by atoms with Crippen LogP contribution >= 0.6 is 0 Å². The Morgan fingerprint density at radius 3 is 2.63 bits per heavy atom. The van der Waals surface area contributed by atoms with E-state index < -0.39 is 5.97 Å². The van der Waals surface area contributed by atoms with Gasteiger partial charge in [-0.2, -0.15) is 0 Å². The molecule has 1 amide bonds. The minimum Gasteiger partial charge on any atom is -0.506 e. The van der Waals surface area contributed by atoms with Crippen LogP contribution in [0.1, 0.15) is 37.7 Å². The van der Waals surface area contributed by atoms with Gasteiger partial charge < -0.3 is 15.5 Å². The molecule has 1 aromatic carbocycles. The number of aliphatic carboxylic acids is 1. The predicted molar refractivity (Wildman–Crippen MR) is 70.1 cm³/mol. The third kappa shape index (κ3) is 3.24. The van der Waals surface area contributed by atoms with E-state index in [0.29, 0.717) is 17.2 Å². The van der Waals surface area contributed by atoms with E-state index in [-0.39, 0.29) is 24.0 Å². The number of hydrogen-bond acceptors (Lipinski definition) is 3. The maximum absolute atomic E-state index is 11.2. The van der Waals surface area contributed by atoms with Crippen molar-refractivity contribution in [2.45, 2.75) is 32.1 Å². The second kappa shape index (κ2) is 5.30. The van der Waals surface area contributed by atoms with E-state index in [4.69, 9.17) is 5.11 Å². The van der Waals surface area contributed by atoms with E-state index in [1.54, 1.807) is 12.1 Å². The lowest BCUT2D eigenvalue weighted by molar-refractivity contribution is -0.137. The van der Waals surface area contributed by atoms with Crippen molar-refractivity contribution in [1.82, 2.24) is 0 Å². The first-order valence-corrected chi connectivity index (χ1v) is 6.30. The first kappa shape index (κ1) is 13.4. The number of phenols is 1. The molecule has 0 bridgehead atoms. The average Bonchev–Trinajstić information content (AvgIpc) is 3.12. The molecule has 3 N–H and O–H groups in total. The number of carboxylic acid groups (broad SMARTS) is 1. The Hall–Kier alpha value is -2.04. The summed E-state index contributed by atoms with van der Waals surface area (Å²) in [5, 5.41) is 21.5. The van der Waals surface area contributed by atoms with Crippen LogP contribution in [0.2, 0.25) is 0 Å². The molecular formula is C14H17NO4. The summed E-state index contributed by atoms with van der Waals surface area (Å²) in [6.45, 7) is 1.36. The fraction of sp³-hybridized carbons (Fsp3) is 0.429. The lowest BCUT2D eigenvalue weighted by Crippen LogP contribution is -2.14. The average molecular weight is 263 g/mol. The van der Waals surface area contributed by atoms with E-state index >= 15 is 0 Å². The molecule has 1 fully saturated rings. The van der Waals surface area contributed by atoms with Gasteiger partial charge in [0.2, 0.25) is 5.91 Å². The lowest BCUT2D eigenvalue weighted by atomic mass is 9.89. The van der Waals surface area contributed by atoms with Crippen LogP contribution < -0.4 is 5.32 Å². The molecule has 1 unspecified atom stereocenters. The van der Waals surface area contributed by atoms with Crippen LogP contribution in [0.4, 0.5) is 5.69 Å². The Kier molecular flexibility index (Phi) is 3.74. The fourth-order valence-corrected chi connectivity index (χ4v) is 2.40. The number of para-hydroxylation sites is 1. The molecule has 1 aliphatic rings. The highest BCUT2D eigenvalue weighted by molar-refractivity contribution is 5.91. The van der Waals surface area contributed by atoms with Crippen molar-refractivity contribution in [2.75, 3.05) is 5.32 Å². The number of carboxylic acids is 1. The highest BCUT2D eigenvalue weighted by atomic mass is 16.4. The summed E-state index contributed by atoms with van der Waals surface area (Å²) in [4.78, 5) is 22.2. The van der Waals surface area contributed by atoms with E-state index in [2.05, 4.69) is 5.32 Å². The Morgan fingerprint density at radius 1 is 1.42 bits per heavy atom. The minimum absolute atomic E-state index is 0.0146. The van der Waals surface area contributed by atoms with Gasteiger partial charge in [-0.15, -0.1) is 0 Å². The number of aromatic hydroxyl groups is 1. The molecule has 1 aliphatic carbocycles. The molecule has 0 aliphatic heterocycles. The Morgan fingerprint density at radius 2 is 2.11 bits per heavy atom. The number of carbonyl (C=O) groups excluding carboxylic acids is 1. The highest BCUT2D eigenvalue weighted by Gasteiger charge is 2.35. The third-order valence-corrected chi connectivity index (χ3v) is 3.36. The van der Waals surface area contributed by atoms with E-state index in [1.165, 1.54) is 13.0 Å². The molecule has 1 aromatic rings. The molecule has 1 atom stereocenters. The SMILES string of the molecule is CC(=O)Nc1c(O)cccc1C(CC(=O)O)C1CC1. The van der Waals surface area contributed by atoms with Gasteiger partial charge in [-0.05, 0) is 36.3 Å². The summed E-state index contributed by atoms with van der Waals surface area (Å²) in [5.74, 6) is -1.01. The number of rotatable bonds is 5. The van der Waals surface area contributed by atoms with Gasteiger partial charge >= 0.3 is 5.97 Å². The molecule has 1 saturated carbocycles. The van der Waals surface area contributed by atoms with Crippen LogP contribution in [0.25, 0.3) is 0 Å². The number of benzene rings is 1. The minimum atomic E-state index is -0.867. The van der Waals surface area contributed by atoms with E-state index in [9.17, 15) is 14.7 Å². The van der Waals surface area contributed by atoms with E-state index in [0.717, 1.165) is 12.8 Å². The zero-order chi connectivity index (χ0) is 14.0. The maximum Gasteiger partial charge on any atom is 0.303 e. The summed E-state index contributed by atoms with van der Waals surface area (Å²) in [7, 11) is 0. The Bertz CT molecular complexity index is 508. The van der Waals surface area contributed by atoms with Gasteiger partial charge in [-0.25, -0.2) is 0 Å². The van der Waals surface area contributed by atoms with E-state index in [1.807, 2.05) is 0 Å². The molecule has 5 nitrogen and oxygen atoms in total. The number of anilines is 1. The number of nitrogens with one attached hydrogen (secondary N) is 1. The van der Waals surface area contributed by atoms with Gasteiger partial charge in [0.05, 0.1) is 12.1 Å².